The van der Waals surface area contributed by atoms with Crippen molar-refractivity contribution in [2.24, 2.45) is 10.9 Å². The quantitative estimate of drug-likeness (QED) is 0.475. The smallest absolute Gasteiger partial charge is 0.422 e. The van der Waals surface area contributed by atoms with Gasteiger partial charge in [0.25, 0.3) is 0 Å². The first kappa shape index (κ1) is 23.0. The normalized spacial score (nSPS) is 13.6. The maximum Gasteiger partial charge on any atom is 0.422 e. The van der Waals surface area contributed by atoms with E-state index in [-0.39, 0.29) is 12.0 Å². The van der Waals surface area contributed by atoms with E-state index in [1.807, 2.05) is 6.92 Å². The molecule has 1 heterocycles. The first-order valence-corrected chi connectivity index (χ1v) is 8.95. The van der Waals surface area contributed by atoms with Crippen LogP contribution in [0.15, 0.2) is 23.3 Å². The monoisotopic (exact) mass is 390 g/mol. The zero-order valence-corrected chi connectivity index (χ0v) is 16.3. The summed E-state index contributed by atoms with van der Waals surface area (Å²) in [5, 5.41) is 6.32. The summed E-state index contributed by atoms with van der Waals surface area (Å²) < 4.78 is 47.0. The van der Waals surface area contributed by atoms with Crippen LogP contribution in [0.5, 0.6) is 5.88 Å². The van der Waals surface area contributed by atoms with Gasteiger partial charge in [-0.3, -0.25) is 4.99 Å². The van der Waals surface area contributed by atoms with Gasteiger partial charge in [-0.25, -0.2) is 4.98 Å². The Labute approximate surface area is 158 Å². The van der Waals surface area contributed by atoms with Gasteiger partial charge in [0, 0.05) is 39.0 Å². The minimum atomic E-state index is -4.39. The number of pyridine rings is 1. The molecule has 1 atom stereocenters. The molecule has 0 saturated heterocycles. The number of hydrogen-bond donors (Lipinski definition) is 2. The average molecular weight is 390 g/mol. The van der Waals surface area contributed by atoms with Crippen LogP contribution in [0.3, 0.4) is 0 Å². The van der Waals surface area contributed by atoms with Crippen LogP contribution in [-0.4, -0.2) is 50.0 Å². The lowest BCUT2D eigenvalue weighted by Crippen LogP contribution is -2.38. The van der Waals surface area contributed by atoms with Gasteiger partial charge in [-0.05, 0) is 30.9 Å². The van der Waals surface area contributed by atoms with Crippen LogP contribution in [0.4, 0.5) is 13.2 Å². The summed E-state index contributed by atoms with van der Waals surface area (Å²) in [6, 6.07) is 3.17. The van der Waals surface area contributed by atoms with Crippen molar-refractivity contribution < 1.29 is 22.6 Å². The average Bonchev–Trinajstić information content (AvgIpc) is 2.61. The molecule has 0 fully saturated rings. The predicted molar refractivity (Wildman–Crippen MR) is 98.9 cm³/mol. The fraction of sp³-hybridized carbons (Fsp3) is 0.667. The van der Waals surface area contributed by atoms with E-state index in [9.17, 15) is 13.2 Å². The second-order valence-corrected chi connectivity index (χ2v) is 6.29. The van der Waals surface area contributed by atoms with Gasteiger partial charge in [0.1, 0.15) is 0 Å². The molecule has 0 amide bonds. The van der Waals surface area contributed by atoms with Gasteiger partial charge in [-0.1, -0.05) is 13.8 Å². The molecule has 1 aromatic rings. The van der Waals surface area contributed by atoms with E-state index in [2.05, 4.69) is 39.2 Å². The Bertz CT molecular complexity index is 580. The maximum atomic E-state index is 12.2. The molecule has 0 spiro atoms. The highest BCUT2D eigenvalue weighted by atomic mass is 19.4. The van der Waals surface area contributed by atoms with E-state index in [0.717, 1.165) is 12.0 Å². The van der Waals surface area contributed by atoms with E-state index in [0.29, 0.717) is 31.6 Å². The van der Waals surface area contributed by atoms with Crippen molar-refractivity contribution in [2.75, 3.05) is 26.8 Å². The molecule has 9 heteroatoms. The van der Waals surface area contributed by atoms with E-state index >= 15 is 0 Å². The van der Waals surface area contributed by atoms with Crippen LogP contribution >= 0.6 is 0 Å². The van der Waals surface area contributed by atoms with E-state index in [4.69, 9.17) is 4.74 Å². The zero-order valence-electron chi connectivity index (χ0n) is 16.3. The van der Waals surface area contributed by atoms with Gasteiger partial charge in [-0.15, -0.1) is 0 Å². The van der Waals surface area contributed by atoms with Crippen molar-refractivity contribution in [3.63, 3.8) is 0 Å². The molecule has 1 rings (SSSR count). The van der Waals surface area contributed by atoms with E-state index < -0.39 is 12.8 Å². The van der Waals surface area contributed by atoms with Gasteiger partial charge in [0.2, 0.25) is 5.88 Å². The molecule has 0 radical (unpaired) electrons. The Morgan fingerprint density at radius 3 is 2.63 bits per heavy atom. The van der Waals surface area contributed by atoms with Gasteiger partial charge in [-0.2, -0.15) is 13.2 Å². The third-order valence-corrected chi connectivity index (χ3v) is 3.71. The molecule has 2 N–H and O–H groups in total. The Morgan fingerprint density at radius 2 is 2.04 bits per heavy atom. The molecule has 27 heavy (non-hydrogen) atoms. The summed E-state index contributed by atoms with van der Waals surface area (Å²) in [5.74, 6) is 0.961. The number of halogens is 3. The number of hydrogen-bond acceptors (Lipinski definition) is 4. The SMILES string of the molecule is CCOC(CCNC(=NC)NCc1ccnc(OCC(F)(F)F)c1)C(C)C. The summed E-state index contributed by atoms with van der Waals surface area (Å²) in [5.41, 5.74) is 0.736. The lowest BCUT2D eigenvalue weighted by Gasteiger charge is -2.21. The van der Waals surface area contributed by atoms with Gasteiger partial charge in [0.15, 0.2) is 12.6 Å². The molecule has 0 bridgehead atoms. The lowest BCUT2D eigenvalue weighted by atomic mass is 10.0. The largest absolute Gasteiger partial charge is 0.468 e. The number of nitrogens with zero attached hydrogens (tertiary/aromatic N) is 2. The molecule has 0 aromatic carbocycles. The fourth-order valence-corrected chi connectivity index (χ4v) is 2.36. The van der Waals surface area contributed by atoms with Crippen LogP contribution in [0.1, 0.15) is 32.8 Å². The Morgan fingerprint density at radius 1 is 1.30 bits per heavy atom. The number of aliphatic imine (C=N–C) groups is 1. The van der Waals surface area contributed by atoms with E-state index in [1.165, 1.54) is 12.3 Å². The Kier molecular flexibility index (Phi) is 9.92. The topological polar surface area (TPSA) is 67.8 Å². The summed E-state index contributed by atoms with van der Waals surface area (Å²) in [6.07, 6.45) is -1.96. The predicted octanol–water partition coefficient (Wildman–Crippen LogP) is 3.14. The Hall–Kier alpha value is -2.03. The van der Waals surface area contributed by atoms with Gasteiger partial charge in [0.05, 0.1) is 6.10 Å². The standard InChI is InChI=1S/C18H29F3N4O2/c1-5-26-15(13(2)3)7-9-24-17(22-4)25-11-14-6-8-23-16(10-14)27-12-18(19,20)21/h6,8,10,13,15H,5,7,9,11-12H2,1-4H3,(H2,22,24,25). The highest BCUT2D eigenvalue weighted by molar-refractivity contribution is 5.79. The second-order valence-electron chi connectivity index (χ2n) is 6.29. The summed E-state index contributed by atoms with van der Waals surface area (Å²) in [4.78, 5) is 7.92. The van der Waals surface area contributed by atoms with Gasteiger partial charge < -0.3 is 20.1 Å². The molecule has 6 nitrogen and oxygen atoms in total. The number of nitrogens with one attached hydrogen (secondary N) is 2. The number of ether oxygens (including phenoxy) is 2. The van der Waals surface area contributed by atoms with Crippen molar-refractivity contribution in [3.8, 4) is 5.88 Å². The van der Waals surface area contributed by atoms with Crippen LogP contribution < -0.4 is 15.4 Å². The first-order chi connectivity index (χ1) is 12.7. The zero-order chi connectivity index (χ0) is 20.3. The number of aromatic nitrogens is 1. The second kappa shape index (κ2) is 11.6. The molecule has 0 aliphatic carbocycles. The first-order valence-electron chi connectivity index (χ1n) is 8.95. The number of rotatable bonds is 10. The van der Waals surface area contributed by atoms with Crippen molar-refractivity contribution in [1.29, 1.82) is 0 Å². The minimum Gasteiger partial charge on any atom is -0.468 e. The van der Waals surface area contributed by atoms with Crippen LogP contribution in [0, 0.1) is 5.92 Å². The molecule has 154 valence electrons. The maximum absolute atomic E-state index is 12.2. The third kappa shape index (κ3) is 10.0. The lowest BCUT2D eigenvalue weighted by molar-refractivity contribution is -0.154. The van der Waals surface area contributed by atoms with Crippen LogP contribution in [-0.2, 0) is 11.3 Å². The minimum absolute atomic E-state index is 0.0638. The Balaban J connectivity index is 2.46. The van der Waals surface area contributed by atoms with Crippen molar-refractivity contribution in [3.05, 3.63) is 23.9 Å². The highest BCUT2D eigenvalue weighted by Gasteiger charge is 2.28. The third-order valence-electron chi connectivity index (χ3n) is 3.71. The van der Waals surface area contributed by atoms with Crippen LogP contribution in [0.2, 0.25) is 0 Å². The summed E-state index contributed by atoms with van der Waals surface area (Å²) >= 11 is 0. The van der Waals surface area contributed by atoms with Crippen molar-refractivity contribution in [1.82, 2.24) is 15.6 Å². The molecule has 1 unspecified atom stereocenters. The van der Waals surface area contributed by atoms with E-state index in [1.54, 1.807) is 13.1 Å². The molecular weight excluding hydrogens is 361 g/mol. The highest BCUT2D eigenvalue weighted by Crippen LogP contribution is 2.17. The van der Waals surface area contributed by atoms with Gasteiger partial charge >= 0.3 is 6.18 Å². The fourth-order valence-electron chi connectivity index (χ4n) is 2.36. The molecule has 0 saturated carbocycles. The summed E-state index contributed by atoms with van der Waals surface area (Å²) in [6.45, 7) is 6.60. The van der Waals surface area contributed by atoms with Crippen molar-refractivity contribution in [2.45, 2.75) is 46.0 Å². The molecular formula is C18H29F3N4O2. The number of guanidine groups is 1. The summed E-state index contributed by atoms with van der Waals surface area (Å²) in [7, 11) is 1.65. The van der Waals surface area contributed by atoms with Crippen LogP contribution in [0.25, 0.3) is 0 Å². The number of alkyl halides is 3. The molecule has 0 aliphatic heterocycles. The molecule has 0 aliphatic rings. The molecule has 1 aromatic heterocycles. The van der Waals surface area contributed by atoms with Crippen molar-refractivity contribution >= 4 is 5.96 Å².